The highest BCUT2D eigenvalue weighted by Gasteiger charge is 2.23. The molecule has 1 aliphatic rings. The first-order valence-corrected chi connectivity index (χ1v) is 8.54. The molecule has 1 aromatic heterocycles. The quantitative estimate of drug-likeness (QED) is 0.840. The zero-order valence-electron chi connectivity index (χ0n) is 13.6. The summed E-state index contributed by atoms with van der Waals surface area (Å²) in [6.07, 6.45) is 5.59. The van der Waals surface area contributed by atoms with E-state index in [1.807, 2.05) is 6.07 Å². The first kappa shape index (κ1) is 16.6. The Labute approximate surface area is 140 Å². The minimum absolute atomic E-state index is 0.139. The predicted molar refractivity (Wildman–Crippen MR) is 91.6 cm³/mol. The summed E-state index contributed by atoms with van der Waals surface area (Å²) in [6, 6.07) is 7.16. The molecule has 1 saturated carbocycles. The van der Waals surface area contributed by atoms with Crippen LogP contribution in [0.15, 0.2) is 35.4 Å². The van der Waals surface area contributed by atoms with Crippen LogP contribution in [0.2, 0.25) is 0 Å². The Kier molecular flexibility index (Phi) is 5.25. The number of aliphatic hydroxyl groups excluding tert-OH is 1. The van der Waals surface area contributed by atoms with Crippen molar-refractivity contribution in [3.05, 3.63) is 40.9 Å². The van der Waals surface area contributed by atoms with Gasteiger partial charge in [-0.05, 0) is 30.9 Å². The smallest absolute Gasteiger partial charge is 0.261 e. The molecule has 1 aromatic carbocycles. The van der Waals surface area contributed by atoms with Gasteiger partial charge in [0.1, 0.15) is 0 Å². The van der Waals surface area contributed by atoms with Crippen LogP contribution < -0.4 is 10.9 Å². The molecule has 3 rings (SSSR count). The molecule has 24 heavy (non-hydrogen) atoms. The maximum atomic E-state index is 12.3. The van der Waals surface area contributed by atoms with E-state index >= 15 is 0 Å². The molecule has 2 N–H and O–H groups in total. The van der Waals surface area contributed by atoms with Gasteiger partial charge in [-0.1, -0.05) is 25.0 Å². The van der Waals surface area contributed by atoms with Crippen molar-refractivity contribution in [2.24, 2.45) is 5.92 Å². The zero-order valence-corrected chi connectivity index (χ0v) is 13.6. The number of carbonyl (C=O) groups is 1. The van der Waals surface area contributed by atoms with Crippen molar-refractivity contribution in [2.75, 3.05) is 6.54 Å². The predicted octanol–water partition coefficient (Wildman–Crippen LogP) is 1.45. The Balaban J connectivity index is 1.52. The molecular formula is C18H23N3O3. The molecule has 0 bridgehead atoms. The van der Waals surface area contributed by atoms with Gasteiger partial charge in [0.05, 0.1) is 23.3 Å². The largest absolute Gasteiger partial charge is 0.391 e. The number of nitrogens with one attached hydrogen (secondary N) is 1. The van der Waals surface area contributed by atoms with E-state index in [0.29, 0.717) is 16.8 Å². The molecule has 0 aliphatic heterocycles. The van der Waals surface area contributed by atoms with Gasteiger partial charge in [-0.25, -0.2) is 4.98 Å². The second-order valence-electron chi connectivity index (χ2n) is 6.43. The lowest BCUT2D eigenvalue weighted by molar-refractivity contribution is -0.121. The number of aliphatic hydroxyl groups is 1. The van der Waals surface area contributed by atoms with Crippen LogP contribution in [0.4, 0.5) is 0 Å². The minimum Gasteiger partial charge on any atom is -0.391 e. The molecule has 1 heterocycles. The maximum absolute atomic E-state index is 12.3. The van der Waals surface area contributed by atoms with Gasteiger partial charge in [0.25, 0.3) is 5.56 Å². The van der Waals surface area contributed by atoms with E-state index in [1.54, 1.807) is 18.2 Å². The SMILES string of the molecule is O=C(CCn1cnc2ccccc2c1=O)NCC(O)C1CCCC1. The molecule has 1 atom stereocenters. The number of hydrogen-bond acceptors (Lipinski definition) is 4. The summed E-state index contributed by atoms with van der Waals surface area (Å²) in [5, 5.41) is 13.4. The van der Waals surface area contributed by atoms with E-state index in [9.17, 15) is 14.7 Å². The average Bonchev–Trinajstić information content (AvgIpc) is 3.14. The van der Waals surface area contributed by atoms with E-state index in [4.69, 9.17) is 0 Å². The molecule has 0 spiro atoms. The number of hydrogen-bond donors (Lipinski definition) is 2. The van der Waals surface area contributed by atoms with Crippen LogP contribution in [-0.2, 0) is 11.3 Å². The number of rotatable bonds is 6. The normalized spacial score (nSPS) is 16.4. The summed E-state index contributed by atoms with van der Waals surface area (Å²) in [4.78, 5) is 28.5. The van der Waals surface area contributed by atoms with Crippen molar-refractivity contribution in [2.45, 2.75) is 44.8 Å². The fourth-order valence-corrected chi connectivity index (χ4v) is 3.30. The molecule has 1 aliphatic carbocycles. The summed E-state index contributed by atoms with van der Waals surface area (Å²) in [7, 11) is 0. The third-order valence-corrected chi connectivity index (χ3v) is 4.76. The highest BCUT2D eigenvalue weighted by molar-refractivity contribution is 5.77. The first-order chi connectivity index (χ1) is 11.6. The van der Waals surface area contributed by atoms with Crippen LogP contribution in [0.5, 0.6) is 0 Å². The molecule has 0 radical (unpaired) electrons. The van der Waals surface area contributed by atoms with Gasteiger partial charge >= 0.3 is 0 Å². The van der Waals surface area contributed by atoms with Crippen LogP contribution >= 0.6 is 0 Å². The second-order valence-corrected chi connectivity index (χ2v) is 6.43. The third-order valence-electron chi connectivity index (χ3n) is 4.76. The van der Waals surface area contributed by atoms with Crippen molar-refractivity contribution >= 4 is 16.8 Å². The number of aromatic nitrogens is 2. The van der Waals surface area contributed by atoms with E-state index < -0.39 is 6.10 Å². The van der Waals surface area contributed by atoms with E-state index in [-0.39, 0.29) is 31.0 Å². The fraction of sp³-hybridized carbons (Fsp3) is 0.500. The monoisotopic (exact) mass is 329 g/mol. The second kappa shape index (κ2) is 7.57. The van der Waals surface area contributed by atoms with Gasteiger partial charge in [-0.3, -0.25) is 14.2 Å². The van der Waals surface area contributed by atoms with Gasteiger partial charge in [0.2, 0.25) is 5.91 Å². The Morgan fingerprint density at radius 2 is 2.08 bits per heavy atom. The van der Waals surface area contributed by atoms with E-state index in [1.165, 1.54) is 10.9 Å². The summed E-state index contributed by atoms with van der Waals surface area (Å²) < 4.78 is 1.45. The van der Waals surface area contributed by atoms with Crippen LogP contribution in [0, 0.1) is 5.92 Å². The van der Waals surface area contributed by atoms with Crippen molar-refractivity contribution in [3.8, 4) is 0 Å². The number of para-hydroxylation sites is 1. The summed E-state index contributed by atoms with van der Waals surface area (Å²) in [6.45, 7) is 0.566. The van der Waals surface area contributed by atoms with E-state index in [2.05, 4.69) is 10.3 Å². The molecule has 6 heteroatoms. The lowest BCUT2D eigenvalue weighted by atomic mass is 10.0. The first-order valence-electron chi connectivity index (χ1n) is 8.54. The van der Waals surface area contributed by atoms with Crippen molar-refractivity contribution in [3.63, 3.8) is 0 Å². The molecule has 6 nitrogen and oxygen atoms in total. The molecule has 128 valence electrons. The number of amides is 1. The summed E-state index contributed by atoms with van der Waals surface area (Å²) in [5.74, 6) is 0.143. The van der Waals surface area contributed by atoms with E-state index in [0.717, 1.165) is 25.7 Å². The van der Waals surface area contributed by atoms with Crippen molar-refractivity contribution in [1.29, 1.82) is 0 Å². The minimum atomic E-state index is -0.471. The molecule has 0 saturated heterocycles. The zero-order chi connectivity index (χ0) is 16.9. The Hall–Kier alpha value is -2.21. The number of nitrogens with zero attached hydrogens (tertiary/aromatic N) is 2. The molecular weight excluding hydrogens is 306 g/mol. The summed E-state index contributed by atoms with van der Waals surface area (Å²) in [5.41, 5.74) is 0.516. The topological polar surface area (TPSA) is 84.2 Å². The van der Waals surface area contributed by atoms with Gasteiger partial charge in [-0.2, -0.15) is 0 Å². The summed E-state index contributed by atoms with van der Waals surface area (Å²) >= 11 is 0. The molecule has 2 aromatic rings. The number of benzene rings is 1. The fourth-order valence-electron chi connectivity index (χ4n) is 3.30. The lowest BCUT2D eigenvalue weighted by Gasteiger charge is -2.18. The van der Waals surface area contributed by atoms with Gasteiger partial charge in [-0.15, -0.1) is 0 Å². The number of fused-ring (bicyclic) bond motifs is 1. The Morgan fingerprint density at radius 1 is 1.33 bits per heavy atom. The third kappa shape index (κ3) is 3.82. The van der Waals surface area contributed by atoms with Gasteiger partial charge < -0.3 is 10.4 Å². The molecule has 1 fully saturated rings. The van der Waals surface area contributed by atoms with Crippen LogP contribution in [-0.4, -0.2) is 33.2 Å². The van der Waals surface area contributed by atoms with Crippen molar-refractivity contribution < 1.29 is 9.90 Å². The van der Waals surface area contributed by atoms with Crippen LogP contribution in [0.3, 0.4) is 0 Å². The number of aryl methyl sites for hydroxylation is 1. The highest BCUT2D eigenvalue weighted by Crippen LogP contribution is 2.27. The average molecular weight is 329 g/mol. The highest BCUT2D eigenvalue weighted by atomic mass is 16.3. The molecule has 1 amide bonds. The maximum Gasteiger partial charge on any atom is 0.261 e. The van der Waals surface area contributed by atoms with Gasteiger partial charge in [0.15, 0.2) is 0 Å². The number of carbonyl (C=O) groups excluding carboxylic acids is 1. The lowest BCUT2D eigenvalue weighted by Crippen LogP contribution is -2.36. The molecule has 1 unspecified atom stereocenters. The van der Waals surface area contributed by atoms with Gasteiger partial charge in [0, 0.05) is 19.5 Å². The Morgan fingerprint density at radius 3 is 2.88 bits per heavy atom. The van der Waals surface area contributed by atoms with Crippen molar-refractivity contribution in [1.82, 2.24) is 14.9 Å². The Bertz CT molecular complexity index is 765. The standard InChI is InChI=1S/C18H23N3O3/c22-16(13-5-1-2-6-13)11-19-17(23)9-10-21-12-20-15-8-4-3-7-14(15)18(21)24/h3-4,7-8,12-13,16,22H,1-2,5-6,9-11H2,(H,19,23). The van der Waals surface area contributed by atoms with Crippen LogP contribution in [0.1, 0.15) is 32.1 Å². The van der Waals surface area contributed by atoms with Crippen LogP contribution in [0.25, 0.3) is 10.9 Å².